The maximum atomic E-state index is 13.0. The van der Waals surface area contributed by atoms with E-state index in [2.05, 4.69) is 5.32 Å². The van der Waals surface area contributed by atoms with Crippen LogP contribution >= 0.6 is 0 Å². The number of carbonyl (C=O) groups is 2. The van der Waals surface area contributed by atoms with Gasteiger partial charge in [0.25, 0.3) is 0 Å². The molecule has 5 nitrogen and oxygen atoms in total. The minimum absolute atomic E-state index is 0.0932. The molecule has 1 aromatic rings. The van der Waals surface area contributed by atoms with Gasteiger partial charge in [-0.1, -0.05) is 25.1 Å². The number of likely N-dealkylation sites (tertiary alicyclic amines) is 1. The van der Waals surface area contributed by atoms with Gasteiger partial charge in [0.1, 0.15) is 0 Å². The molecule has 8 heteroatoms. The van der Waals surface area contributed by atoms with Crippen LogP contribution in [0.3, 0.4) is 0 Å². The molecule has 0 aromatic heterocycles. The van der Waals surface area contributed by atoms with E-state index in [9.17, 15) is 22.8 Å². The number of nitrogens with zero attached hydrogens (tertiary/aromatic N) is 2. The minimum atomic E-state index is -4.25. The highest BCUT2D eigenvalue weighted by atomic mass is 19.4. The predicted molar refractivity (Wildman–Crippen MR) is 102 cm³/mol. The van der Waals surface area contributed by atoms with Crippen LogP contribution in [0.1, 0.15) is 32.3 Å². The molecular formula is C20H28F3N3O2. The van der Waals surface area contributed by atoms with E-state index in [0.717, 1.165) is 12.0 Å². The zero-order chi connectivity index (χ0) is 20.9. The lowest BCUT2D eigenvalue weighted by molar-refractivity contribution is -0.189. The molecule has 1 fully saturated rings. The number of benzene rings is 1. The number of likely N-dealkylation sites (N-methyl/N-ethyl adjacent to an activating group) is 1. The first-order valence-electron chi connectivity index (χ1n) is 9.57. The van der Waals surface area contributed by atoms with Gasteiger partial charge in [-0.3, -0.25) is 14.5 Å². The fourth-order valence-corrected chi connectivity index (χ4v) is 3.53. The monoisotopic (exact) mass is 399 g/mol. The third kappa shape index (κ3) is 5.70. The van der Waals surface area contributed by atoms with Crippen molar-refractivity contribution < 1.29 is 22.8 Å². The van der Waals surface area contributed by atoms with Crippen molar-refractivity contribution in [2.24, 2.45) is 5.92 Å². The van der Waals surface area contributed by atoms with Gasteiger partial charge in [0.05, 0.1) is 18.5 Å². The quantitative estimate of drug-likeness (QED) is 0.799. The summed E-state index contributed by atoms with van der Waals surface area (Å²) in [5.41, 5.74) is 1.69. The van der Waals surface area contributed by atoms with Crippen molar-refractivity contribution in [1.82, 2.24) is 9.80 Å². The van der Waals surface area contributed by atoms with Crippen molar-refractivity contribution in [2.75, 3.05) is 32.0 Å². The average Bonchev–Trinajstić information content (AvgIpc) is 2.66. The second kappa shape index (κ2) is 9.41. The number of alkyl halides is 3. The number of hydrogen-bond donors (Lipinski definition) is 1. The highest BCUT2D eigenvalue weighted by Gasteiger charge is 2.43. The number of halogens is 3. The molecule has 1 aromatic carbocycles. The average molecular weight is 399 g/mol. The van der Waals surface area contributed by atoms with Gasteiger partial charge >= 0.3 is 6.18 Å². The molecule has 0 saturated carbocycles. The van der Waals surface area contributed by atoms with Crippen LogP contribution in [-0.2, 0) is 16.0 Å². The van der Waals surface area contributed by atoms with Gasteiger partial charge in [-0.15, -0.1) is 0 Å². The maximum Gasteiger partial charge on any atom is 0.393 e. The SMILES string of the molecule is CCc1ccccc1NC(=O)CN(C)C(=O)[C@H](C)N1CCC[C@H](C(F)(F)F)C1. The summed E-state index contributed by atoms with van der Waals surface area (Å²) in [6, 6.07) is 6.72. The molecule has 1 aliphatic heterocycles. The standard InChI is InChI=1S/C20H28F3N3O2/c1-4-15-8-5-6-10-17(15)24-18(27)13-25(3)19(28)14(2)26-11-7-9-16(12-26)20(21,22)23/h5-6,8,10,14,16H,4,7,9,11-13H2,1-3H3,(H,24,27)/t14-,16-/m0/s1. The van der Waals surface area contributed by atoms with Gasteiger partial charge in [-0.25, -0.2) is 0 Å². The van der Waals surface area contributed by atoms with E-state index in [1.807, 2.05) is 25.1 Å². The van der Waals surface area contributed by atoms with Crippen molar-refractivity contribution in [2.45, 2.75) is 45.3 Å². The van der Waals surface area contributed by atoms with Gasteiger partial charge in [-0.05, 0) is 44.4 Å². The van der Waals surface area contributed by atoms with Gasteiger partial charge in [0.15, 0.2) is 0 Å². The predicted octanol–water partition coefficient (Wildman–Crippen LogP) is 3.31. The number of carbonyl (C=O) groups excluding carboxylic acids is 2. The van der Waals surface area contributed by atoms with Crippen LogP contribution in [0.5, 0.6) is 0 Å². The molecule has 2 amide bonds. The number of nitrogens with one attached hydrogen (secondary N) is 1. The number of hydrogen-bond acceptors (Lipinski definition) is 3. The first kappa shape index (κ1) is 22.2. The number of para-hydroxylation sites is 1. The normalized spacial score (nSPS) is 19.1. The molecule has 2 atom stereocenters. The second-order valence-corrected chi connectivity index (χ2v) is 7.30. The second-order valence-electron chi connectivity index (χ2n) is 7.30. The van der Waals surface area contributed by atoms with Crippen LogP contribution in [0.2, 0.25) is 0 Å². The Morgan fingerprint density at radius 3 is 2.64 bits per heavy atom. The Balaban J connectivity index is 1.93. The third-order valence-corrected chi connectivity index (χ3v) is 5.25. The molecule has 1 N–H and O–H groups in total. The molecule has 1 saturated heterocycles. The molecule has 0 unspecified atom stereocenters. The highest BCUT2D eigenvalue weighted by Crippen LogP contribution is 2.33. The zero-order valence-electron chi connectivity index (χ0n) is 16.6. The van der Waals surface area contributed by atoms with E-state index >= 15 is 0 Å². The summed E-state index contributed by atoms with van der Waals surface area (Å²) < 4.78 is 39.0. The Morgan fingerprint density at radius 2 is 2.00 bits per heavy atom. The Kier molecular flexibility index (Phi) is 7.46. The summed E-state index contributed by atoms with van der Waals surface area (Å²) >= 11 is 0. The van der Waals surface area contributed by atoms with Crippen molar-refractivity contribution in [1.29, 1.82) is 0 Å². The highest BCUT2D eigenvalue weighted by molar-refractivity contribution is 5.95. The molecule has 0 aliphatic carbocycles. The van der Waals surface area contributed by atoms with Crippen molar-refractivity contribution >= 4 is 17.5 Å². The summed E-state index contributed by atoms with van der Waals surface area (Å²) in [4.78, 5) is 27.8. The molecule has 0 bridgehead atoms. The van der Waals surface area contributed by atoms with E-state index in [4.69, 9.17) is 0 Å². The fourth-order valence-electron chi connectivity index (χ4n) is 3.53. The van der Waals surface area contributed by atoms with Crippen LogP contribution in [0, 0.1) is 5.92 Å². The number of aryl methyl sites for hydroxylation is 1. The maximum absolute atomic E-state index is 13.0. The largest absolute Gasteiger partial charge is 0.393 e. The van der Waals surface area contributed by atoms with Crippen LogP contribution in [-0.4, -0.2) is 60.5 Å². The Bertz CT molecular complexity index is 694. The first-order valence-corrected chi connectivity index (χ1v) is 9.57. The van der Waals surface area contributed by atoms with E-state index in [1.165, 1.54) is 11.9 Å². The molecule has 28 heavy (non-hydrogen) atoms. The molecule has 0 spiro atoms. The van der Waals surface area contributed by atoms with Gasteiger partial charge in [0, 0.05) is 19.3 Å². The number of amides is 2. The Labute approximate surface area is 163 Å². The summed E-state index contributed by atoms with van der Waals surface area (Å²) in [6.45, 7) is 3.69. The first-order chi connectivity index (χ1) is 13.1. The number of rotatable bonds is 6. The smallest absolute Gasteiger partial charge is 0.335 e. The number of piperidine rings is 1. The molecule has 0 radical (unpaired) electrons. The van der Waals surface area contributed by atoms with Gasteiger partial charge in [0.2, 0.25) is 11.8 Å². The number of anilines is 1. The van der Waals surface area contributed by atoms with Crippen molar-refractivity contribution in [3.63, 3.8) is 0 Å². The van der Waals surface area contributed by atoms with Crippen molar-refractivity contribution in [3.8, 4) is 0 Å². The molecule has 2 rings (SSSR count). The van der Waals surface area contributed by atoms with E-state index in [-0.39, 0.29) is 31.3 Å². The molecule has 1 heterocycles. The fraction of sp³-hybridized carbons (Fsp3) is 0.600. The Morgan fingerprint density at radius 1 is 1.32 bits per heavy atom. The van der Waals surface area contributed by atoms with E-state index < -0.39 is 18.1 Å². The lowest BCUT2D eigenvalue weighted by Gasteiger charge is -2.37. The van der Waals surface area contributed by atoms with Gasteiger partial charge in [-0.2, -0.15) is 13.2 Å². The molecule has 156 valence electrons. The Hall–Kier alpha value is -2.09. The molecule has 1 aliphatic rings. The lowest BCUT2D eigenvalue weighted by atomic mass is 9.96. The zero-order valence-corrected chi connectivity index (χ0v) is 16.6. The third-order valence-electron chi connectivity index (χ3n) is 5.25. The van der Waals surface area contributed by atoms with Crippen LogP contribution in [0.25, 0.3) is 0 Å². The summed E-state index contributed by atoms with van der Waals surface area (Å²) in [5, 5.41) is 2.80. The van der Waals surface area contributed by atoms with Gasteiger partial charge < -0.3 is 10.2 Å². The molecular weight excluding hydrogens is 371 g/mol. The summed E-state index contributed by atoms with van der Waals surface area (Å²) in [7, 11) is 1.50. The van der Waals surface area contributed by atoms with Crippen molar-refractivity contribution in [3.05, 3.63) is 29.8 Å². The van der Waals surface area contributed by atoms with E-state index in [1.54, 1.807) is 17.9 Å². The summed E-state index contributed by atoms with van der Waals surface area (Å²) in [5.74, 6) is -2.10. The topological polar surface area (TPSA) is 52.7 Å². The minimum Gasteiger partial charge on any atom is -0.335 e. The summed E-state index contributed by atoms with van der Waals surface area (Å²) in [6.07, 6.45) is -2.99. The lowest BCUT2D eigenvalue weighted by Crippen LogP contribution is -2.52. The van der Waals surface area contributed by atoms with E-state index in [0.29, 0.717) is 18.7 Å². The van der Waals surface area contributed by atoms with Crippen LogP contribution < -0.4 is 5.32 Å². The van der Waals surface area contributed by atoms with Crippen LogP contribution in [0.15, 0.2) is 24.3 Å². The van der Waals surface area contributed by atoms with Crippen LogP contribution in [0.4, 0.5) is 18.9 Å².